The maximum absolute atomic E-state index is 12.9. The maximum Gasteiger partial charge on any atom is 0.267 e. The van der Waals surface area contributed by atoms with Crippen molar-refractivity contribution in [1.29, 1.82) is 0 Å². The lowest BCUT2D eigenvalue weighted by Gasteiger charge is -2.38. The van der Waals surface area contributed by atoms with Crippen LogP contribution in [0.2, 0.25) is 0 Å². The summed E-state index contributed by atoms with van der Waals surface area (Å²) in [5, 5.41) is 0. The second-order valence-corrected chi connectivity index (χ2v) is 6.17. The minimum Gasteiger partial charge on any atom is -0.482 e. The van der Waals surface area contributed by atoms with E-state index in [1.165, 1.54) is 0 Å². The molecule has 2 aliphatic heterocycles. The average molecular weight is 340 g/mol. The van der Waals surface area contributed by atoms with Gasteiger partial charge in [0.25, 0.3) is 5.91 Å². The summed E-state index contributed by atoms with van der Waals surface area (Å²) in [5.74, 6) is 1.98. The fraction of sp³-hybridized carbons (Fsp3) is 0.389. The standard InChI is InChI=1S/C18H20N4O3/c1-13-16(25-15-6-3-2-5-14(15)24-13)17(23)21-9-11-22(12-10-21)18-19-7-4-8-20-18/h2-8,13,16H,9-12H2,1H3/t13-,16-/m1/s1. The Morgan fingerprint density at radius 1 is 1.00 bits per heavy atom. The third kappa shape index (κ3) is 3.09. The highest BCUT2D eigenvalue weighted by Crippen LogP contribution is 2.34. The van der Waals surface area contributed by atoms with Gasteiger partial charge >= 0.3 is 0 Å². The first kappa shape index (κ1) is 15.7. The number of carbonyl (C=O) groups excluding carboxylic acids is 1. The molecule has 1 fully saturated rings. The van der Waals surface area contributed by atoms with Crippen LogP contribution in [-0.4, -0.2) is 59.2 Å². The van der Waals surface area contributed by atoms with Crippen LogP contribution in [0.15, 0.2) is 42.7 Å². The molecule has 1 aromatic carbocycles. The fourth-order valence-electron chi connectivity index (χ4n) is 3.15. The highest BCUT2D eigenvalue weighted by atomic mass is 16.6. The zero-order valence-electron chi connectivity index (χ0n) is 14.0. The smallest absolute Gasteiger partial charge is 0.267 e. The summed E-state index contributed by atoms with van der Waals surface area (Å²) in [6.07, 6.45) is 2.52. The molecular formula is C18H20N4O3. The summed E-state index contributed by atoms with van der Waals surface area (Å²) in [6, 6.07) is 9.24. The highest BCUT2D eigenvalue weighted by Gasteiger charge is 2.37. The lowest BCUT2D eigenvalue weighted by molar-refractivity contribution is -0.144. The Bertz CT molecular complexity index is 747. The molecule has 1 saturated heterocycles. The Kier molecular flexibility index (Phi) is 4.13. The van der Waals surface area contributed by atoms with Crippen LogP contribution in [0.4, 0.5) is 5.95 Å². The molecule has 7 heteroatoms. The van der Waals surface area contributed by atoms with Crippen LogP contribution in [0.3, 0.4) is 0 Å². The van der Waals surface area contributed by atoms with Crippen molar-refractivity contribution in [3.05, 3.63) is 42.7 Å². The quantitative estimate of drug-likeness (QED) is 0.822. The van der Waals surface area contributed by atoms with E-state index in [1.54, 1.807) is 18.5 Å². The zero-order chi connectivity index (χ0) is 17.2. The number of anilines is 1. The molecule has 0 spiro atoms. The third-order valence-electron chi connectivity index (χ3n) is 4.51. The molecule has 0 saturated carbocycles. The number of ether oxygens (including phenoxy) is 2. The number of carbonyl (C=O) groups is 1. The summed E-state index contributed by atoms with van der Waals surface area (Å²) >= 11 is 0. The summed E-state index contributed by atoms with van der Waals surface area (Å²) in [5.41, 5.74) is 0. The van der Waals surface area contributed by atoms with Gasteiger partial charge in [0.05, 0.1) is 0 Å². The van der Waals surface area contributed by atoms with E-state index in [0.717, 1.165) is 0 Å². The van der Waals surface area contributed by atoms with Crippen molar-refractivity contribution in [2.75, 3.05) is 31.1 Å². The summed E-state index contributed by atoms with van der Waals surface area (Å²) < 4.78 is 11.8. The molecule has 0 bridgehead atoms. The van der Waals surface area contributed by atoms with E-state index >= 15 is 0 Å². The van der Waals surface area contributed by atoms with Crippen LogP contribution in [0.25, 0.3) is 0 Å². The van der Waals surface area contributed by atoms with Crippen LogP contribution >= 0.6 is 0 Å². The second-order valence-electron chi connectivity index (χ2n) is 6.17. The molecule has 0 N–H and O–H groups in total. The number of benzene rings is 1. The van der Waals surface area contributed by atoms with Crippen molar-refractivity contribution in [2.24, 2.45) is 0 Å². The predicted molar refractivity (Wildman–Crippen MR) is 91.8 cm³/mol. The van der Waals surface area contributed by atoms with Gasteiger partial charge in [-0.2, -0.15) is 0 Å². The molecule has 25 heavy (non-hydrogen) atoms. The maximum atomic E-state index is 12.9. The molecule has 1 amide bonds. The first-order valence-electron chi connectivity index (χ1n) is 8.45. The minimum absolute atomic E-state index is 0.0318. The number of rotatable bonds is 2. The Morgan fingerprint density at radius 2 is 1.64 bits per heavy atom. The van der Waals surface area contributed by atoms with Gasteiger partial charge in [0.1, 0.15) is 6.10 Å². The first-order valence-corrected chi connectivity index (χ1v) is 8.45. The first-order chi connectivity index (χ1) is 12.2. The monoisotopic (exact) mass is 340 g/mol. The van der Waals surface area contributed by atoms with Crippen LogP contribution in [-0.2, 0) is 4.79 Å². The van der Waals surface area contributed by atoms with Gasteiger partial charge in [-0.1, -0.05) is 12.1 Å². The van der Waals surface area contributed by atoms with Gasteiger partial charge in [-0.3, -0.25) is 4.79 Å². The van der Waals surface area contributed by atoms with Crippen molar-refractivity contribution in [3.63, 3.8) is 0 Å². The van der Waals surface area contributed by atoms with Crippen molar-refractivity contribution < 1.29 is 14.3 Å². The van der Waals surface area contributed by atoms with Gasteiger partial charge < -0.3 is 19.3 Å². The van der Waals surface area contributed by atoms with E-state index in [0.29, 0.717) is 43.6 Å². The molecular weight excluding hydrogens is 320 g/mol. The number of hydrogen-bond acceptors (Lipinski definition) is 6. The van der Waals surface area contributed by atoms with Crippen LogP contribution in [0.5, 0.6) is 11.5 Å². The Hall–Kier alpha value is -2.83. The summed E-state index contributed by atoms with van der Waals surface area (Å²) in [6.45, 7) is 4.51. The van der Waals surface area contributed by atoms with Crippen molar-refractivity contribution in [2.45, 2.75) is 19.1 Å². The largest absolute Gasteiger partial charge is 0.482 e. The van der Waals surface area contributed by atoms with E-state index in [-0.39, 0.29) is 12.0 Å². The SMILES string of the molecule is C[C@H]1Oc2ccccc2O[C@H]1C(=O)N1CCN(c2ncccn2)CC1. The predicted octanol–water partition coefficient (Wildman–Crippen LogP) is 1.35. The topological polar surface area (TPSA) is 67.8 Å². The molecule has 0 unspecified atom stereocenters. The molecule has 3 heterocycles. The Morgan fingerprint density at radius 3 is 2.32 bits per heavy atom. The van der Waals surface area contributed by atoms with E-state index in [2.05, 4.69) is 14.9 Å². The highest BCUT2D eigenvalue weighted by molar-refractivity contribution is 5.82. The van der Waals surface area contributed by atoms with Gasteiger partial charge in [-0.15, -0.1) is 0 Å². The Labute approximate surface area is 146 Å². The average Bonchev–Trinajstić information content (AvgIpc) is 2.68. The molecule has 2 aromatic rings. The molecule has 0 aliphatic carbocycles. The van der Waals surface area contributed by atoms with Gasteiger partial charge in [0.15, 0.2) is 11.5 Å². The number of nitrogens with zero attached hydrogens (tertiary/aromatic N) is 4. The number of para-hydroxylation sites is 2. The molecule has 2 aliphatic rings. The third-order valence-corrected chi connectivity index (χ3v) is 4.51. The molecule has 4 rings (SSSR count). The van der Waals surface area contributed by atoms with Crippen molar-refractivity contribution in [3.8, 4) is 11.5 Å². The fourth-order valence-corrected chi connectivity index (χ4v) is 3.15. The minimum atomic E-state index is -0.616. The zero-order valence-corrected chi connectivity index (χ0v) is 14.0. The normalized spacial score (nSPS) is 22.6. The lowest BCUT2D eigenvalue weighted by Crippen LogP contribution is -2.56. The van der Waals surface area contributed by atoms with E-state index in [4.69, 9.17) is 9.47 Å². The van der Waals surface area contributed by atoms with Gasteiger partial charge in [-0.25, -0.2) is 9.97 Å². The number of piperazine rings is 1. The summed E-state index contributed by atoms with van der Waals surface area (Å²) in [7, 11) is 0. The van der Waals surface area contributed by atoms with E-state index < -0.39 is 6.10 Å². The molecule has 2 atom stereocenters. The van der Waals surface area contributed by atoms with Crippen molar-refractivity contribution >= 4 is 11.9 Å². The van der Waals surface area contributed by atoms with Crippen LogP contribution in [0, 0.1) is 0 Å². The number of fused-ring (bicyclic) bond motifs is 1. The van der Waals surface area contributed by atoms with Crippen LogP contribution < -0.4 is 14.4 Å². The van der Waals surface area contributed by atoms with Gasteiger partial charge in [0, 0.05) is 38.6 Å². The Balaban J connectivity index is 1.41. The molecule has 0 radical (unpaired) electrons. The van der Waals surface area contributed by atoms with E-state index in [9.17, 15) is 4.79 Å². The number of hydrogen-bond donors (Lipinski definition) is 0. The number of amides is 1. The van der Waals surface area contributed by atoms with Gasteiger partial charge in [0.2, 0.25) is 12.1 Å². The lowest BCUT2D eigenvalue weighted by atomic mass is 10.1. The summed E-state index contributed by atoms with van der Waals surface area (Å²) in [4.78, 5) is 25.3. The van der Waals surface area contributed by atoms with Crippen LogP contribution in [0.1, 0.15) is 6.92 Å². The van der Waals surface area contributed by atoms with Gasteiger partial charge in [-0.05, 0) is 25.1 Å². The van der Waals surface area contributed by atoms with E-state index in [1.807, 2.05) is 36.1 Å². The molecule has 1 aromatic heterocycles. The second kappa shape index (κ2) is 6.58. The molecule has 130 valence electrons. The van der Waals surface area contributed by atoms with Crippen molar-refractivity contribution in [1.82, 2.24) is 14.9 Å². The number of aromatic nitrogens is 2. The molecule has 7 nitrogen and oxygen atoms in total.